The summed E-state index contributed by atoms with van der Waals surface area (Å²) in [6.45, 7) is 0. The summed E-state index contributed by atoms with van der Waals surface area (Å²) in [5.74, 6) is 34.5. The van der Waals surface area contributed by atoms with Crippen LogP contribution < -0.4 is 9.80 Å². The summed E-state index contributed by atoms with van der Waals surface area (Å²) in [7, 11) is 0. The van der Waals surface area contributed by atoms with Crippen molar-refractivity contribution in [2.45, 2.75) is 304 Å². The summed E-state index contributed by atoms with van der Waals surface area (Å²) >= 11 is 0. The molecule has 24 aliphatic carbocycles. The van der Waals surface area contributed by atoms with Crippen molar-refractivity contribution >= 4 is 55.7 Å². The third-order valence-electron chi connectivity index (χ3n) is 48.3. The zero-order valence-corrected chi connectivity index (χ0v) is 76.1. The van der Waals surface area contributed by atoms with Crippen molar-refractivity contribution in [2.75, 3.05) is 9.80 Å². The molecule has 8 aromatic rings. The molecule has 0 aliphatic heterocycles. The van der Waals surface area contributed by atoms with E-state index in [0.29, 0.717) is 47.3 Å². The highest BCUT2D eigenvalue weighted by Gasteiger charge is 2.63. The van der Waals surface area contributed by atoms with E-state index < -0.39 is 0 Å². The minimum atomic E-state index is 0.655. The fourth-order valence-corrected chi connectivity index (χ4v) is 44.7. The SMILES string of the molecule is c1ccc(-c2ccc3c(N(c4cc(C5CC6CC5C5CCCC65)cc(C5CC6CC5C5CCCC65)c4)c4cc(C5CC6CC5C5CCCC65)cc(C5CC6CC5C5CCCC65)c4)c4ccccc4c(N(c4cc(C5CC6CC5C5CCCC65)cc(C5CC6CC5C5CCCC65)c4)c4cc(C5CC6CC5C5CCCC65)cc(C5CC6CC5C5CCCC65)c4)c3c2)cc1. The molecule has 0 heterocycles. The first-order chi connectivity index (χ1) is 62.3. The van der Waals surface area contributed by atoms with Gasteiger partial charge in [-0.15, -0.1) is 0 Å². The van der Waals surface area contributed by atoms with Crippen LogP contribution in [-0.4, -0.2) is 0 Å². The molecule has 2 nitrogen and oxygen atoms in total. The lowest BCUT2D eigenvalue weighted by Gasteiger charge is -2.39. The molecule has 24 saturated carbocycles. The number of rotatable bonds is 15. The van der Waals surface area contributed by atoms with Gasteiger partial charge in [-0.05, 0) is 552 Å². The van der Waals surface area contributed by atoms with E-state index in [1.165, 1.54) is 324 Å². The summed E-state index contributed by atoms with van der Waals surface area (Å²) in [5.41, 5.74) is 25.9. The van der Waals surface area contributed by atoms with Crippen molar-refractivity contribution in [1.82, 2.24) is 0 Å². The highest BCUT2D eigenvalue weighted by molar-refractivity contribution is 6.24. The smallest absolute Gasteiger partial charge is 0.0620 e. The lowest BCUT2D eigenvalue weighted by Crippen LogP contribution is -2.26. The minimum absolute atomic E-state index is 0.655. The fraction of sp³-hybridized carbons (Fsp3) is 0.645. The van der Waals surface area contributed by atoms with Crippen LogP contribution in [0.5, 0.6) is 0 Å². The maximum Gasteiger partial charge on any atom is 0.0620 e. The van der Waals surface area contributed by atoms with E-state index in [9.17, 15) is 0 Å². The number of anilines is 6. The second kappa shape index (κ2) is 27.8. The highest BCUT2D eigenvalue weighted by Crippen LogP contribution is 2.74. The van der Waals surface area contributed by atoms with Gasteiger partial charge in [-0.1, -0.05) is 142 Å². The van der Waals surface area contributed by atoms with E-state index in [2.05, 4.69) is 155 Å². The molecule has 2 heteroatoms. The Morgan fingerprint density at radius 1 is 0.159 bits per heavy atom. The van der Waals surface area contributed by atoms with Crippen molar-refractivity contribution in [2.24, 2.45) is 189 Å². The maximum atomic E-state index is 3.19. The van der Waals surface area contributed by atoms with Crippen molar-refractivity contribution in [1.29, 1.82) is 0 Å². The molecule has 24 aliphatic rings. The molecule has 0 N–H and O–H groups in total. The third-order valence-corrected chi connectivity index (χ3v) is 48.3. The quantitative estimate of drug-likeness (QED) is 0.0746. The molecule has 32 rings (SSSR count). The maximum absolute atomic E-state index is 3.19. The van der Waals surface area contributed by atoms with E-state index in [-0.39, 0.29) is 0 Å². The Morgan fingerprint density at radius 3 is 0.603 bits per heavy atom. The summed E-state index contributed by atoms with van der Waals surface area (Å²) < 4.78 is 0. The van der Waals surface area contributed by atoms with Gasteiger partial charge in [-0.2, -0.15) is 0 Å². The number of hydrogen-bond acceptors (Lipinski definition) is 2. The van der Waals surface area contributed by atoms with Gasteiger partial charge < -0.3 is 9.80 Å². The molecule has 24 fully saturated rings. The van der Waals surface area contributed by atoms with Crippen LogP contribution in [0.3, 0.4) is 0 Å². The first-order valence-electron chi connectivity index (χ1n) is 55.6. The minimum Gasteiger partial charge on any atom is -0.309 e. The largest absolute Gasteiger partial charge is 0.309 e. The molecule has 126 heavy (non-hydrogen) atoms. The Kier molecular flexibility index (Phi) is 16.4. The third kappa shape index (κ3) is 10.6. The molecule has 8 aromatic carbocycles. The van der Waals surface area contributed by atoms with Crippen molar-refractivity contribution in [3.05, 3.63) is 190 Å². The highest BCUT2D eigenvalue weighted by atomic mass is 15.2. The Morgan fingerprint density at radius 2 is 0.365 bits per heavy atom. The van der Waals surface area contributed by atoms with Crippen LogP contribution in [0.25, 0.3) is 32.7 Å². The van der Waals surface area contributed by atoms with E-state index in [4.69, 9.17) is 0 Å². The molecule has 16 bridgehead atoms. The predicted octanol–water partition coefficient (Wildman–Crippen LogP) is 32.9. The molecular formula is C124H144N2. The van der Waals surface area contributed by atoms with Crippen molar-refractivity contribution < 1.29 is 0 Å². The molecule has 40 atom stereocenters. The monoisotopic (exact) mass is 1660 g/mol. The Balaban J connectivity index is 0.671. The second-order valence-corrected chi connectivity index (χ2v) is 51.6. The first kappa shape index (κ1) is 74.4. The van der Waals surface area contributed by atoms with E-state index >= 15 is 0 Å². The molecule has 0 aromatic heterocycles. The number of hydrogen-bond donors (Lipinski definition) is 0. The van der Waals surface area contributed by atoms with E-state index in [1.807, 2.05) is 0 Å². The average molecular weight is 1660 g/mol. The fourth-order valence-electron chi connectivity index (χ4n) is 44.7. The van der Waals surface area contributed by atoms with Gasteiger partial charge in [0.25, 0.3) is 0 Å². The summed E-state index contributed by atoms with van der Waals surface area (Å²) in [6, 6.07) is 66.9. The van der Waals surface area contributed by atoms with Gasteiger partial charge in [0.1, 0.15) is 0 Å². The number of nitrogens with zero attached hydrogens (tertiary/aromatic N) is 2. The second-order valence-electron chi connectivity index (χ2n) is 51.6. The average Bonchev–Trinajstić information content (AvgIpc) is 0.915. The summed E-state index contributed by atoms with van der Waals surface area (Å²) in [4.78, 5) is 6.37. The van der Waals surface area contributed by atoms with Gasteiger partial charge in [0.05, 0.1) is 11.4 Å². The first-order valence-corrected chi connectivity index (χ1v) is 55.6. The van der Waals surface area contributed by atoms with Gasteiger partial charge in [0.15, 0.2) is 0 Å². The zero-order valence-electron chi connectivity index (χ0n) is 76.1. The number of fused-ring (bicyclic) bond motifs is 42. The standard InChI is InChI=1S/C124H144N2/c1-2-14-65(15-3-1)66-34-35-105-122(48-66)124(126(85-44-71(110-53-79-61-118(110)99-30-10-22-91(79)99)38-72(45-85)111-54-80-62-119(111)100-31-11-23-92(80)100)86-46-73(112-55-81-63-120(112)101-32-12-24-93(81)101)39-74(47-86)113-56-82-64-121(113)102-33-13-25-94(82)102)104-17-5-4-16-103(104)123(105)125(83-40-67(106-49-75-57-114(106)95-26-6-18-87(75)95)36-68(41-83)107-50-76-58-115(107)96-27-7-19-88(76)96)84-42-69(108-51-77-59-116(108)97-28-8-20-89(77)97)37-70(43-84)109-52-78-60-117(109)98-29-9-21-90(78)98/h1-5,14-17,34-48,75-82,87-102,106-121H,6-13,18-33,49-64H2. The van der Waals surface area contributed by atoms with Crippen molar-refractivity contribution in [3.63, 3.8) is 0 Å². The van der Waals surface area contributed by atoms with Crippen LogP contribution in [0.1, 0.15) is 349 Å². The normalized spacial score (nSPS) is 46.6. The van der Waals surface area contributed by atoms with Gasteiger partial charge in [0.2, 0.25) is 0 Å². The van der Waals surface area contributed by atoms with Crippen LogP contribution >= 0.6 is 0 Å². The van der Waals surface area contributed by atoms with Crippen LogP contribution in [0.4, 0.5) is 34.1 Å². The lowest BCUT2D eigenvalue weighted by molar-refractivity contribution is 0.229. The van der Waals surface area contributed by atoms with Gasteiger partial charge >= 0.3 is 0 Å². The molecule has 0 spiro atoms. The Labute approximate surface area is 755 Å². The van der Waals surface area contributed by atoms with Gasteiger partial charge in [-0.3, -0.25) is 0 Å². The molecule has 40 unspecified atom stereocenters. The zero-order chi connectivity index (χ0) is 81.1. The van der Waals surface area contributed by atoms with Crippen LogP contribution in [-0.2, 0) is 0 Å². The topological polar surface area (TPSA) is 6.48 Å². The van der Waals surface area contributed by atoms with E-state index in [1.54, 1.807) is 44.5 Å². The van der Waals surface area contributed by atoms with E-state index in [0.717, 1.165) is 189 Å². The van der Waals surface area contributed by atoms with Crippen molar-refractivity contribution in [3.8, 4) is 11.1 Å². The number of benzene rings is 8. The van der Waals surface area contributed by atoms with Gasteiger partial charge in [-0.25, -0.2) is 0 Å². The van der Waals surface area contributed by atoms with Crippen LogP contribution in [0.15, 0.2) is 146 Å². The summed E-state index contributed by atoms with van der Waals surface area (Å²) in [6.07, 6.45) is 59.1. The molecule has 650 valence electrons. The van der Waals surface area contributed by atoms with Crippen LogP contribution in [0.2, 0.25) is 0 Å². The predicted molar refractivity (Wildman–Crippen MR) is 515 cm³/mol. The molecule has 0 amide bonds. The van der Waals surface area contributed by atoms with Gasteiger partial charge in [0, 0.05) is 44.3 Å². The Bertz CT molecular complexity index is 5240. The Hall–Kier alpha value is -6.12. The molecule has 0 radical (unpaired) electrons. The van der Waals surface area contributed by atoms with Crippen LogP contribution in [0, 0.1) is 189 Å². The molecular weight excluding hydrogens is 1520 g/mol. The summed E-state index contributed by atoms with van der Waals surface area (Å²) in [5, 5.41) is 5.92. The lowest BCUT2D eigenvalue weighted by atomic mass is 9.70. The molecule has 0 saturated heterocycles.